The topological polar surface area (TPSA) is 113 Å². The van der Waals surface area contributed by atoms with E-state index in [-0.39, 0.29) is 5.91 Å². The Morgan fingerprint density at radius 3 is 2.61 bits per heavy atom. The molecule has 2 aromatic rings. The van der Waals surface area contributed by atoms with Crippen molar-refractivity contribution in [2.75, 3.05) is 19.0 Å². The lowest BCUT2D eigenvalue weighted by molar-refractivity contribution is -0.119. The fraction of sp³-hybridized carbons (Fsp3) is 0.263. The molecule has 1 aliphatic rings. The van der Waals surface area contributed by atoms with Gasteiger partial charge in [-0.2, -0.15) is 0 Å². The van der Waals surface area contributed by atoms with Gasteiger partial charge in [0.2, 0.25) is 5.91 Å². The fourth-order valence-electron chi connectivity index (χ4n) is 2.94. The highest BCUT2D eigenvalue weighted by molar-refractivity contribution is 5.98. The maximum absolute atomic E-state index is 12.5. The Kier molecular flexibility index (Phi) is 6.05. The van der Waals surface area contributed by atoms with Gasteiger partial charge >= 0.3 is 6.03 Å². The molecule has 0 radical (unpaired) electrons. The Bertz CT molecular complexity index is 841. The molecule has 0 spiro atoms. The molecule has 1 saturated heterocycles. The number of rotatable bonds is 4. The van der Waals surface area contributed by atoms with E-state index in [9.17, 15) is 14.4 Å². The molecule has 9 nitrogen and oxygen atoms in total. The standard InChI is InChI=1S/C19H21N5O4/c1-28-15-8-6-13(7-9-15)17(25)22-23-19(27)24-11-3-5-16(24)18(26)21-14-4-2-10-20-12-14/h2,4,6-10,12,16H,3,5,11H2,1H3,(H,21,26)(H,22,25)(H,23,27)/t16-/m0/s1. The molecule has 0 saturated carbocycles. The highest BCUT2D eigenvalue weighted by Gasteiger charge is 2.34. The maximum Gasteiger partial charge on any atom is 0.336 e. The van der Waals surface area contributed by atoms with Crippen LogP contribution in [0.1, 0.15) is 23.2 Å². The zero-order valence-corrected chi connectivity index (χ0v) is 15.3. The van der Waals surface area contributed by atoms with Gasteiger partial charge in [-0.15, -0.1) is 0 Å². The van der Waals surface area contributed by atoms with E-state index < -0.39 is 18.0 Å². The third kappa shape index (κ3) is 4.56. The van der Waals surface area contributed by atoms with Crippen LogP contribution in [0.4, 0.5) is 10.5 Å². The predicted molar refractivity (Wildman–Crippen MR) is 102 cm³/mol. The molecule has 146 valence electrons. The van der Waals surface area contributed by atoms with Crippen molar-refractivity contribution in [1.82, 2.24) is 20.7 Å². The van der Waals surface area contributed by atoms with Gasteiger partial charge in [0.05, 0.1) is 19.0 Å². The van der Waals surface area contributed by atoms with Crippen LogP contribution < -0.4 is 20.9 Å². The summed E-state index contributed by atoms with van der Waals surface area (Å²) in [4.78, 5) is 42.4. The molecule has 1 aromatic heterocycles. The summed E-state index contributed by atoms with van der Waals surface area (Å²) in [5.41, 5.74) is 5.66. The lowest BCUT2D eigenvalue weighted by Crippen LogP contribution is -2.52. The number of ether oxygens (including phenoxy) is 1. The van der Waals surface area contributed by atoms with E-state index in [0.717, 1.165) is 0 Å². The SMILES string of the molecule is COc1ccc(C(=O)NNC(=O)N2CCC[C@H]2C(=O)Nc2cccnc2)cc1. The van der Waals surface area contributed by atoms with Crippen molar-refractivity contribution in [2.45, 2.75) is 18.9 Å². The number of hydrogen-bond donors (Lipinski definition) is 3. The number of hydrogen-bond acceptors (Lipinski definition) is 5. The smallest absolute Gasteiger partial charge is 0.336 e. The second-order valence-electron chi connectivity index (χ2n) is 6.20. The largest absolute Gasteiger partial charge is 0.497 e. The van der Waals surface area contributed by atoms with Crippen molar-refractivity contribution >= 4 is 23.5 Å². The Labute approximate surface area is 162 Å². The lowest BCUT2D eigenvalue weighted by Gasteiger charge is -2.24. The van der Waals surface area contributed by atoms with E-state index in [2.05, 4.69) is 21.2 Å². The third-order valence-electron chi connectivity index (χ3n) is 4.38. The molecular formula is C19H21N5O4. The molecule has 28 heavy (non-hydrogen) atoms. The third-order valence-corrected chi connectivity index (χ3v) is 4.38. The van der Waals surface area contributed by atoms with E-state index >= 15 is 0 Å². The first-order valence-electron chi connectivity index (χ1n) is 8.80. The minimum absolute atomic E-state index is 0.290. The van der Waals surface area contributed by atoms with Crippen LogP contribution in [0, 0.1) is 0 Å². The average molecular weight is 383 g/mol. The molecule has 3 N–H and O–H groups in total. The zero-order chi connectivity index (χ0) is 19.9. The number of carbonyl (C=O) groups is 3. The normalized spacial score (nSPS) is 15.6. The molecule has 1 atom stereocenters. The molecular weight excluding hydrogens is 362 g/mol. The summed E-state index contributed by atoms with van der Waals surface area (Å²) in [6, 6.07) is 8.75. The quantitative estimate of drug-likeness (QED) is 0.694. The molecule has 0 aliphatic carbocycles. The molecule has 1 aromatic carbocycles. The number of nitrogens with one attached hydrogen (secondary N) is 3. The van der Waals surface area contributed by atoms with Gasteiger partial charge in [0.1, 0.15) is 11.8 Å². The van der Waals surface area contributed by atoms with E-state index in [4.69, 9.17) is 4.74 Å². The highest BCUT2D eigenvalue weighted by atomic mass is 16.5. The number of methoxy groups -OCH3 is 1. The summed E-state index contributed by atoms with van der Waals surface area (Å²) in [5.74, 6) is -0.131. The first kappa shape index (κ1) is 19.2. The molecule has 3 rings (SSSR count). The van der Waals surface area contributed by atoms with Gasteiger partial charge in [-0.1, -0.05) is 0 Å². The Morgan fingerprint density at radius 1 is 1.14 bits per heavy atom. The summed E-state index contributed by atoms with van der Waals surface area (Å²) in [5, 5.41) is 2.75. The average Bonchev–Trinajstić information content (AvgIpc) is 3.23. The van der Waals surface area contributed by atoms with E-state index in [1.165, 1.54) is 18.2 Å². The van der Waals surface area contributed by atoms with Gasteiger partial charge in [-0.3, -0.25) is 20.0 Å². The molecule has 0 bridgehead atoms. The number of hydrazine groups is 1. The highest BCUT2D eigenvalue weighted by Crippen LogP contribution is 2.19. The second-order valence-corrected chi connectivity index (χ2v) is 6.20. The van der Waals surface area contributed by atoms with Crippen molar-refractivity contribution in [3.8, 4) is 5.75 Å². The van der Waals surface area contributed by atoms with Crippen LogP contribution >= 0.6 is 0 Å². The zero-order valence-electron chi connectivity index (χ0n) is 15.3. The van der Waals surface area contributed by atoms with E-state index in [0.29, 0.717) is 36.4 Å². The van der Waals surface area contributed by atoms with Gasteiger partial charge in [-0.25, -0.2) is 10.2 Å². The second kappa shape index (κ2) is 8.85. The number of likely N-dealkylation sites (tertiary alicyclic amines) is 1. The van der Waals surface area contributed by atoms with Gasteiger partial charge < -0.3 is 15.0 Å². The van der Waals surface area contributed by atoms with E-state index in [1.54, 1.807) is 42.6 Å². The number of benzene rings is 1. The first-order valence-corrected chi connectivity index (χ1v) is 8.80. The number of anilines is 1. The monoisotopic (exact) mass is 383 g/mol. The number of urea groups is 1. The van der Waals surface area contributed by atoms with Gasteiger partial charge in [0.25, 0.3) is 5.91 Å². The Hall–Kier alpha value is -3.62. The summed E-state index contributed by atoms with van der Waals surface area (Å²) in [7, 11) is 1.53. The van der Waals surface area contributed by atoms with E-state index in [1.807, 2.05) is 0 Å². The molecule has 1 aliphatic heterocycles. The molecule has 0 unspecified atom stereocenters. The molecule has 2 heterocycles. The number of aromatic nitrogens is 1. The summed E-state index contributed by atoms with van der Waals surface area (Å²) < 4.78 is 5.04. The van der Waals surface area contributed by atoms with Crippen molar-refractivity contribution in [3.05, 3.63) is 54.4 Å². The number of carbonyl (C=O) groups excluding carboxylic acids is 3. The van der Waals surface area contributed by atoms with Crippen LogP contribution in [-0.4, -0.2) is 47.4 Å². The molecule has 9 heteroatoms. The summed E-state index contributed by atoms with van der Waals surface area (Å²) in [6.07, 6.45) is 4.39. The van der Waals surface area contributed by atoms with Crippen LogP contribution in [0.15, 0.2) is 48.8 Å². The minimum Gasteiger partial charge on any atom is -0.497 e. The Morgan fingerprint density at radius 2 is 1.93 bits per heavy atom. The number of pyridine rings is 1. The van der Waals surface area contributed by atoms with Crippen molar-refractivity contribution in [2.24, 2.45) is 0 Å². The van der Waals surface area contributed by atoms with Crippen molar-refractivity contribution in [3.63, 3.8) is 0 Å². The van der Waals surface area contributed by atoms with Gasteiger partial charge in [-0.05, 0) is 49.2 Å². The summed E-state index contributed by atoms with van der Waals surface area (Å²) in [6.45, 7) is 0.426. The van der Waals surface area contributed by atoms with Gasteiger partial charge in [0, 0.05) is 18.3 Å². The molecule has 4 amide bonds. The molecule has 1 fully saturated rings. The van der Waals surface area contributed by atoms with Crippen molar-refractivity contribution in [1.29, 1.82) is 0 Å². The van der Waals surface area contributed by atoms with Crippen LogP contribution in [0.3, 0.4) is 0 Å². The first-order chi connectivity index (χ1) is 13.6. The summed E-state index contributed by atoms with van der Waals surface area (Å²) >= 11 is 0. The van der Waals surface area contributed by atoms with Crippen LogP contribution in [0.25, 0.3) is 0 Å². The van der Waals surface area contributed by atoms with Crippen LogP contribution in [-0.2, 0) is 4.79 Å². The van der Waals surface area contributed by atoms with Crippen LogP contribution in [0.5, 0.6) is 5.75 Å². The number of nitrogens with zero attached hydrogens (tertiary/aromatic N) is 2. The van der Waals surface area contributed by atoms with Crippen LogP contribution in [0.2, 0.25) is 0 Å². The lowest BCUT2D eigenvalue weighted by atomic mass is 10.2. The predicted octanol–water partition coefficient (Wildman–Crippen LogP) is 1.55. The minimum atomic E-state index is -0.613. The maximum atomic E-state index is 12.5. The van der Waals surface area contributed by atoms with Crippen molar-refractivity contribution < 1.29 is 19.1 Å². The fourth-order valence-corrected chi connectivity index (χ4v) is 2.94. The number of amides is 4. The van der Waals surface area contributed by atoms with Gasteiger partial charge in [0.15, 0.2) is 0 Å². The Balaban J connectivity index is 1.55.